The fourth-order valence-corrected chi connectivity index (χ4v) is 4.44. The minimum atomic E-state index is -0.110. The molecule has 0 atom stereocenters. The van der Waals surface area contributed by atoms with Crippen LogP contribution in [-0.4, -0.2) is 35.6 Å². The molecule has 4 nitrogen and oxygen atoms in total. The van der Waals surface area contributed by atoms with Gasteiger partial charge in [0.25, 0.3) is 5.91 Å². The van der Waals surface area contributed by atoms with Gasteiger partial charge in [0.15, 0.2) is 0 Å². The molecule has 1 fully saturated rings. The van der Waals surface area contributed by atoms with Crippen molar-refractivity contribution in [2.24, 2.45) is 0 Å². The number of carbonyl (C=O) groups is 2. The number of rotatable bonds is 5. The van der Waals surface area contributed by atoms with Gasteiger partial charge in [-0.3, -0.25) is 9.59 Å². The molecule has 2 aromatic carbocycles. The summed E-state index contributed by atoms with van der Waals surface area (Å²) in [6.07, 6.45) is 3.27. The number of anilines is 1. The number of nitrogens with zero attached hydrogens (tertiary/aromatic N) is 1. The van der Waals surface area contributed by atoms with Crippen molar-refractivity contribution in [2.45, 2.75) is 31.1 Å². The lowest BCUT2D eigenvalue weighted by molar-refractivity contribution is -0.113. The first-order chi connectivity index (χ1) is 13.0. The lowest BCUT2D eigenvalue weighted by Gasteiger charge is -2.27. The van der Waals surface area contributed by atoms with Gasteiger partial charge in [-0.05, 0) is 62.1 Å². The molecule has 0 aliphatic carbocycles. The van der Waals surface area contributed by atoms with Crippen LogP contribution >= 0.6 is 27.7 Å². The average Bonchev–Trinajstić information content (AvgIpc) is 2.68. The minimum absolute atomic E-state index is 0.00186. The van der Waals surface area contributed by atoms with Crippen LogP contribution in [0.2, 0.25) is 0 Å². The van der Waals surface area contributed by atoms with Crippen LogP contribution in [0, 0.1) is 6.92 Å². The Bertz CT molecular complexity index is 835. The van der Waals surface area contributed by atoms with Gasteiger partial charge in [-0.25, -0.2) is 0 Å². The van der Waals surface area contributed by atoms with Gasteiger partial charge < -0.3 is 10.2 Å². The number of piperidine rings is 1. The number of nitrogens with one attached hydrogen (secondary N) is 1. The predicted octanol–water partition coefficient (Wildman–Crippen LogP) is 5.11. The second kappa shape index (κ2) is 9.42. The molecule has 1 N–H and O–H groups in total. The summed E-state index contributed by atoms with van der Waals surface area (Å²) in [5, 5.41) is 2.92. The summed E-state index contributed by atoms with van der Waals surface area (Å²) in [6, 6.07) is 13.3. The highest BCUT2D eigenvalue weighted by atomic mass is 79.9. The monoisotopic (exact) mass is 446 g/mol. The maximum absolute atomic E-state index is 12.8. The topological polar surface area (TPSA) is 49.4 Å². The first kappa shape index (κ1) is 20.0. The van der Waals surface area contributed by atoms with Crippen LogP contribution in [0.15, 0.2) is 51.8 Å². The van der Waals surface area contributed by atoms with E-state index in [9.17, 15) is 9.59 Å². The van der Waals surface area contributed by atoms with Crippen molar-refractivity contribution in [3.8, 4) is 0 Å². The Morgan fingerprint density at radius 1 is 1.11 bits per heavy atom. The van der Waals surface area contributed by atoms with Gasteiger partial charge in [0, 0.05) is 22.5 Å². The molecular weight excluding hydrogens is 424 g/mol. The average molecular weight is 447 g/mol. The molecule has 27 heavy (non-hydrogen) atoms. The van der Waals surface area contributed by atoms with E-state index in [-0.39, 0.29) is 11.8 Å². The molecule has 0 bridgehead atoms. The molecule has 2 amide bonds. The van der Waals surface area contributed by atoms with Gasteiger partial charge >= 0.3 is 0 Å². The number of amides is 2. The Morgan fingerprint density at radius 2 is 1.85 bits per heavy atom. The van der Waals surface area contributed by atoms with Crippen molar-refractivity contribution < 1.29 is 9.59 Å². The number of benzene rings is 2. The molecule has 0 aromatic heterocycles. The maximum atomic E-state index is 12.8. The van der Waals surface area contributed by atoms with Gasteiger partial charge in [0.1, 0.15) is 0 Å². The van der Waals surface area contributed by atoms with E-state index in [4.69, 9.17) is 0 Å². The summed E-state index contributed by atoms with van der Waals surface area (Å²) in [4.78, 5) is 28.2. The van der Waals surface area contributed by atoms with E-state index < -0.39 is 0 Å². The van der Waals surface area contributed by atoms with E-state index in [1.807, 2.05) is 42.2 Å². The minimum Gasteiger partial charge on any atom is -0.339 e. The SMILES string of the molecule is Cc1cc(Br)ccc1SCC(=O)Nc1ccccc1C(=O)N1CCCCC1. The number of likely N-dealkylation sites (tertiary alicyclic amines) is 1. The highest BCUT2D eigenvalue weighted by Gasteiger charge is 2.21. The number of carbonyl (C=O) groups excluding carboxylic acids is 2. The lowest BCUT2D eigenvalue weighted by Crippen LogP contribution is -2.36. The Labute approximate surface area is 172 Å². The quantitative estimate of drug-likeness (QED) is 0.648. The van der Waals surface area contributed by atoms with Crippen LogP contribution in [0.3, 0.4) is 0 Å². The van der Waals surface area contributed by atoms with Crippen molar-refractivity contribution in [3.05, 3.63) is 58.1 Å². The van der Waals surface area contributed by atoms with Crippen LogP contribution in [-0.2, 0) is 4.79 Å². The molecule has 1 aliphatic heterocycles. The van der Waals surface area contributed by atoms with Crippen LogP contribution in [0.1, 0.15) is 35.2 Å². The van der Waals surface area contributed by atoms with Crippen LogP contribution in [0.25, 0.3) is 0 Å². The molecular formula is C21H23BrN2O2S. The number of para-hydroxylation sites is 1. The number of hydrogen-bond acceptors (Lipinski definition) is 3. The highest BCUT2D eigenvalue weighted by molar-refractivity contribution is 9.10. The molecule has 142 valence electrons. The third kappa shape index (κ3) is 5.36. The zero-order valence-corrected chi connectivity index (χ0v) is 17.7. The molecule has 1 heterocycles. The maximum Gasteiger partial charge on any atom is 0.255 e. The predicted molar refractivity (Wildman–Crippen MR) is 114 cm³/mol. The first-order valence-electron chi connectivity index (χ1n) is 9.12. The van der Waals surface area contributed by atoms with Crippen LogP contribution in [0.5, 0.6) is 0 Å². The van der Waals surface area contributed by atoms with E-state index in [0.29, 0.717) is 17.0 Å². The highest BCUT2D eigenvalue weighted by Crippen LogP contribution is 2.26. The fourth-order valence-electron chi connectivity index (χ4n) is 3.15. The number of hydrogen-bond donors (Lipinski definition) is 1. The Balaban J connectivity index is 1.64. The van der Waals surface area contributed by atoms with Gasteiger partial charge in [-0.2, -0.15) is 0 Å². The van der Waals surface area contributed by atoms with Gasteiger partial charge in [0.2, 0.25) is 5.91 Å². The lowest BCUT2D eigenvalue weighted by atomic mass is 10.1. The molecule has 6 heteroatoms. The van der Waals surface area contributed by atoms with Crippen LogP contribution < -0.4 is 5.32 Å². The second-order valence-corrected chi connectivity index (χ2v) is 8.58. The van der Waals surface area contributed by atoms with Crippen molar-refractivity contribution in [1.29, 1.82) is 0 Å². The molecule has 0 saturated carbocycles. The number of aryl methyl sites for hydroxylation is 1. The molecule has 0 unspecified atom stereocenters. The fraction of sp³-hybridized carbons (Fsp3) is 0.333. The third-order valence-corrected chi connectivity index (χ3v) is 6.24. The Kier molecular flexibility index (Phi) is 6.96. The van der Waals surface area contributed by atoms with E-state index in [2.05, 4.69) is 21.2 Å². The van der Waals surface area contributed by atoms with Gasteiger partial charge in [0.05, 0.1) is 17.0 Å². The summed E-state index contributed by atoms with van der Waals surface area (Å²) in [6.45, 7) is 3.61. The van der Waals surface area contributed by atoms with Crippen molar-refractivity contribution >= 4 is 45.2 Å². The van der Waals surface area contributed by atoms with E-state index in [0.717, 1.165) is 40.9 Å². The van der Waals surface area contributed by atoms with E-state index >= 15 is 0 Å². The molecule has 0 radical (unpaired) electrons. The summed E-state index contributed by atoms with van der Waals surface area (Å²) < 4.78 is 1.03. The van der Waals surface area contributed by atoms with Crippen molar-refractivity contribution in [2.75, 3.05) is 24.2 Å². The van der Waals surface area contributed by atoms with E-state index in [1.54, 1.807) is 12.1 Å². The number of thioether (sulfide) groups is 1. The Morgan fingerprint density at radius 3 is 2.59 bits per heavy atom. The summed E-state index contributed by atoms with van der Waals surface area (Å²) in [5.74, 6) is 0.192. The van der Waals surface area contributed by atoms with Gasteiger partial charge in [-0.15, -0.1) is 11.8 Å². The first-order valence-corrected chi connectivity index (χ1v) is 10.9. The zero-order valence-electron chi connectivity index (χ0n) is 15.3. The van der Waals surface area contributed by atoms with Gasteiger partial charge in [-0.1, -0.05) is 28.1 Å². The smallest absolute Gasteiger partial charge is 0.255 e. The molecule has 1 aliphatic rings. The normalized spacial score (nSPS) is 14.1. The summed E-state index contributed by atoms with van der Waals surface area (Å²) >= 11 is 4.95. The summed E-state index contributed by atoms with van der Waals surface area (Å²) in [7, 11) is 0. The Hall–Kier alpha value is -1.79. The molecule has 2 aromatic rings. The molecule has 1 saturated heterocycles. The largest absolute Gasteiger partial charge is 0.339 e. The standard InChI is InChI=1S/C21H23BrN2O2S/c1-15-13-16(22)9-10-19(15)27-14-20(25)23-18-8-4-3-7-17(18)21(26)24-11-5-2-6-12-24/h3-4,7-10,13H,2,5-6,11-12,14H2,1H3,(H,23,25). The van der Waals surface area contributed by atoms with Crippen molar-refractivity contribution in [3.63, 3.8) is 0 Å². The third-order valence-electron chi connectivity index (χ3n) is 4.57. The summed E-state index contributed by atoms with van der Waals surface area (Å²) in [5.41, 5.74) is 2.28. The van der Waals surface area contributed by atoms with Crippen molar-refractivity contribution in [1.82, 2.24) is 4.90 Å². The molecule has 0 spiro atoms. The zero-order chi connectivity index (χ0) is 19.2. The van der Waals surface area contributed by atoms with E-state index in [1.165, 1.54) is 18.2 Å². The number of halogens is 1. The van der Waals surface area contributed by atoms with Crippen LogP contribution in [0.4, 0.5) is 5.69 Å². The second-order valence-electron chi connectivity index (χ2n) is 6.65. The molecule has 3 rings (SSSR count).